The fourth-order valence-corrected chi connectivity index (χ4v) is 1.74. The van der Waals surface area contributed by atoms with Crippen LogP contribution >= 0.6 is 0 Å². The number of anilines is 1. The van der Waals surface area contributed by atoms with Gasteiger partial charge in [0.2, 0.25) is 0 Å². The lowest BCUT2D eigenvalue weighted by molar-refractivity contribution is -0.121. The number of nitrogens with zero attached hydrogens (tertiary/aromatic N) is 1. The molecule has 0 heterocycles. The van der Waals surface area contributed by atoms with Gasteiger partial charge in [-0.1, -0.05) is 24.3 Å². The number of likely N-dealkylation sites (N-methyl/N-ethyl adjacent to an activating group) is 1. The molecular weight excluding hydrogens is 270 g/mol. The first kappa shape index (κ1) is 14.6. The Kier molecular flexibility index (Phi) is 4.56. The van der Waals surface area contributed by atoms with E-state index in [4.69, 9.17) is 4.74 Å². The Balaban J connectivity index is 1.93. The van der Waals surface area contributed by atoms with Crippen LogP contribution in [0.2, 0.25) is 0 Å². The van der Waals surface area contributed by atoms with Gasteiger partial charge in [0.05, 0.1) is 5.56 Å². The number of hydrogen-bond donors (Lipinski definition) is 1. The van der Waals surface area contributed by atoms with Crippen molar-refractivity contribution in [1.82, 2.24) is 0 Å². The van der Waals surface area contributed by atoms with Crippen molar-refractivity contribution in [2.45, 2.75) is 0 Å². The molecule has 5 heteroatoms. The van der Waals surface area contributed by atoms with Crippen LogP contribution in [0.5, 0.6) is 5.75 Å². The molecule has 5 nitrogen and oxygen atoms in total. The monoisotopic (exact) mass is 285 g/mol. The average Bonchev–Trinajstić information content (AvgIpc) is 2.52. The Hall–Kier alpha value is -2.82. The van der Waals surface area contributed by atoms with Crippen molar-refractivity contribution in [2.75, 3.05) is 18.6 Å². The maximum atomic E-state index is 11.9. The van der Waals surface area contributed by atoms with Gasteiger partial charge in [-0.25, -0.2) is 4.79 Å². The number of phenolic OH excluding ortho intramolecular Hbond substituents is 1. The number of hydrogen-bond acceptors (Lipinski definition) is 4. The van der Waals surface area contributed by atoms with Gasteiger partial charge in [0.25, 0.3) is 5.91 Å². The van der Waals surface area contributed by atoms with Crippen LogP contribution in [0.1, 0.15) is 10.4 Å². The highest BCUT2D eigenvalue weighted by atomic mass is 16.5. The van der Waals surface area contributed by atoms with Gasteiger partial charge >= 0.3 is 5.97 Å². The number of aromatic hydroxyl groups is 1. The number of esters is 1. The van der Waals surface area contributed by atoms with E-state index in [2.05, 4.69) is 0 Å². The summed E-state index contributed by atoms with van der Waals surface area (Å²) in [5, 5.41) is 9.29. The predicted octanol–water partition coefficient (Wildman–Crippen LogP) is 2.21. The summed E-state index contributed by atoms with van der Waals surface area (Å²) < 4.78 is 4.95. The maximum absolute atomic E-state index is 11.9. The summed E-state index contributed by atoms with van der Waals surface area (Å²) in [4.78, 5) is 25.1. The summed E-state index contributed by atoms with van der Waals surface area (Å²) in [7, 11) is 1.61. The third kappa shape index (κ3) is 3.82. The number of amides is 1. The molecule has 1 N–H and O–H groups in total. The SMILES string of the molecule is CN(C(=O)COC(=O)c1cccc(O)c1)c1ccccc1. The number of ether oxygens (including phenoxy) is 1. The molecule has 0 aromatic heterocycles. The lowest BCUT2D eigenvalue weighted by Crippen LogP contribution is -2.31. The first-order chi connectivity index (χ1) is 10.1. The highest BCUT2D eigenvalue weighted by Crippen LogP contribution is 2.13. The van der Waals surface area contributed by atoms with Crippen molar-refractivity contribution in [1.29, 1.82) is 0 Å². The second kappa shape index (κ2) is 6.56. The normalized spacial score (nSPS) is 9.95. The molecule has 21 heavy (non-hydrogen) atoms. The topological polar surface area (TPSA) is 66.8 Å². The minimum Gasteiger partial charge on any atom is -0.508 e. The number of carbonyl (C=O) groups is 2. The van der Waals surface area contributed by atoms with Crippen molar-refractivity contribution in [2.24, 2.45) is 0 Å². The van der Waals surface area contributed by atoms with E-state index in [9.17, 15) is 14.7 Å². The Morgan fingerprint density at radius 2 is 1.81 bits per heavy atom. The molecule has 0 aliphatic carbocycles. The van der Waals surface area contributed by atoms with Gasteiger partial charge in [-0.2, -0.15) is 0 Å². The van der Waals surface area contributed by atoms with E-state index in [1.807, 2.05) is 18.2 Å². The molecule has 0 spiro atoms. The molecule has 0 saturated carbocycles. The molecule has 0 aliphatic heterocycles. The van der Waals surface area contributed by atoms with Crippen molar-refractivity contribution >= 4 is 17.6 Å². The van der Waals surface area contributed by atoms with Crippen molar-refractivity contribution in [3.05, 3.63) is 60.2 Å². The molecule has 108 valence electrons. The third-order valence-corrected chi connectivity index (χ3v) is 2.93. The van der Waals surface area contributed by atoms with Crippen LogP contribution in [0.4, 0.5) is 5.69 Å². The van der Waals surface area contributed by atoms with Gasteiger partial charge in [-0.15, -0.1) is 0 Å². The fraction of sp³-hybridized carbons (Fsp3) is 0.125. The van der Waals surface area contributed by atoms with Crippen LogP contribution in [0.15, 0.2) is 54.6 Å². The van der Waals surface area contributed by atoms with E-state index in [1.54, 1.807) is 19.2 Å². The summed E-state index contributed by atoms with van der Waals surface area (Å²) in [6.07, 6.45) is 0. The summed E-state index contributed by atoms with van der Waals surface area (Å²) in [6.45, 7) is -0.361. The number of rotatable bonds is 4. The van der Waals surface area contributed by atoms with Gasteiger partial charge in [-0.05, 0) is 30.3 Å². The Morgan fingerprint density at radius 3 is 2.48 bits per heavy atom. The molecule has 0 fully saturated rings. The lowest BCUT2D eigenvalue weighted by atomic mass is 10.2. The van der Waals surface area contributed by atoms with E-state index in [0.29, 0.717) is 0 Å². The smallest absolute Gasteiger partial charge is 0.338 e. The van der Waals surface area contributed by atoms with Crippen molar-refractivity contribution in [3.8, 4) is 5.75 Å². The molecule has 0 bridgehead atoms. The zero-order chi connectivity index (χ0) is 15.2. The third-order valence-electron chi connectivity index (χ3n) is 2.93. The molecule has 2 aromatic rings. The Labute approximate surface area is 122 Å². The van der Waals surface area contributed by atoms with Crippen LogP contribution in [-0.2, 0) is 9.53 Å². The van der Waals surface area contributed by atoms with E-state index < -0.39 is 5.97 Å². The number of phenols is 1. The van der Waals surface area contributed by atoms with Gasteiger partial charge in [0.15, 0.2) is 6.61 Å². The molecule has 2 aromatic carbocycles. The molecule has 0 saturated heterocycles. The van der Waals surface area contributed by atoms with Crippen LogP contribution < -0.4 is 4.90 Å². The molecular formula is C16H15NO4. The van der Waals surface area contributed by atoms with Gasteiger partial charge in [0.1, 0.15) is 5.75 Å². The average molecular weight is 285 g/mol. The minimum absolute atomic E-state index is 0.0304. The van der Waals surface area contributed by atoms with E-state index in [-0.39, 0.29) is 23.8 Å². The number of benzene rings is 2. The first-order valence-electron chi connectivity index (χ1n) is 6.35. The second-order valence-corrected chi connectivity index (χ2v) is 4.41. The standard InChI is InChI=1S/C16H15NO4/c1-17(13-7-3-2-4-8-13)15(19)11-21-16(20)12-6-5-9-14(18)10-12/h2-10,18H,11H2,1H3. The predicted molar refractivity (Wildman–Crippen MR) is 78.2 cm³/mol. The van der Waals surface area contributed by atoms with E-state index in [0.717, 1.165) is 5.69 Å². The minimum atomic E-state index is -0.652. The van der Waals surface area contributed by atoms with Crippen molar-refractivity contribution in [3.63, 3.8) is 0 Å². The molecule has 0 atom stereocenters. The summed E-state index contributed by atoms with van der Waals surface area (Å²) in [6, 6.07) is 14.8. The zero-order valence-electron chi connectivity index (χ0n) is 11.5. The van der Waals surface area contributed by atoms with Crippen LogP contribution in [0.3, 0.4) is 0 Å². The fourth-order valence-electron chi connectivity index (χ4n) is 1.74. The highest BCUT2D eigenvalue weighted by Gasteiger charge is 2.14. The largest absolute Gasteiger partial charge is 0.508 e. The van der Waals surface area contributed by atoms with E-state index >= 15 is 0 Å². The molecule has 0 aliphatic rings. The molecule has 0 unspecified atom stereocenters. The van der Waals surface area contributed by atoms with Crippen molar-refractivity contribution < 1.29 is 19.4 Å². The molecule has 1 amide bonds. The number of para-hydroxylation sites is 1. The number of carbonyl (C=O) groups excluding carboxylic acids is 2. The Bertz CT molecular complexity index is 640. The van der Waals surface area contributed by atoms with Crippen LogP contribution in [-0.4, -0.2) is 30.6 Å². The van der Waals surface area contributed by atoms with Crippen LogP contribution in [0.25, 0.3) is 0 Å². The quantitative estimate of drug-likeness (QED) is 0.875. The summed E-state index contributed by atoms with van der Waals surface area (Å²) in [5.74, 6) is -1.02. The van der Waals surface area contributed by atoms with Gasteiger partial charge in [0, 0.05) is 12.7 Å². The first-order valence-corrected chi connectivity index (χ1v) is 6.35. The highest BCUT2D eigenvalue weighted by molar-refractivity contribution is 5.96. The molecule has 0 radical (unpaired) electrons. The Morgan fingerprint density at radius 1 is 1.10 bits per heavy atom. The second-order valence-electron chi connectivity index (χ2n) is 4.41. The maximum Gasteiger partial charge on any atom is 0.338 e. The van der Waals surface area contributed by atoms with E-state index in [1.165, 1.54) is 29.2 Å². The lowest BCUT2D eigenvalue weighted by Gasteiger charge is -2.17. The van der Waals surface area contributed by atoms with Crippen LogP contribution in [0, 0.1) is 0 Å². The summed E-state index contributed by atoms with van der Waals surface area (Å²) >= 11 is 0. The zero-order valence-corrected chi connectivity index (χ0v) is 11.5. The summed E-state index contributed by atoms with van der Waals surface area (Å²) in [5.41, 5.74) is 0.918. The van der Waals surface area contributed by atoms with Gasteiger partial charge in [-0.3, -0.25) is 4.79 Å². The van der Waals surface area contributed by atoms with Gasteiger partial charge < -0.3 is 14.7 Å². The molecule has 2 rings (SSSR count).